The number of nitrogens with zero attached hydrogens (tertiary/aromatic N) is 3. The first kappa shape index (κ1) is 15.7. The molecule has 5 nitrogen and oxygen atoms in total. The SMILES string of the molecule is CCCOc1ccnc(NC(C)CN(CC)CC)n1. The zero-order valence-electron chi connectivity index (χ0n) is 12.5. The van der Waals surface area contributed by atoms with Gasteiger partial charge < -0.3 is 15.0 Å². The van der Waals surface area contributed by atoms with Crippen LogP contribution in [0.2, 0.25) is 0 Å². The highest BCUT2D eigenvalue weighted by atomic mass is 16.5. The quantitative estimate of drug-likeness (QED) is 0.744. The van der Waals surface area contributed by atoms with Crippen LogP contribution in [-0.4, -0.2) is 47.2 Å². The first-order chi connectivity index (χ1) is 9.19. The van der Waals surface area contributed by atoms with Gasteiger partial charge in [0.15, 0.2) is 0 Å². The first-order valence-electron chi connectivity index (χ1n) is 7.14. The van der Waals surface area contributed by atoms with Crippen molar-refractivity contribution in [2.75, 3.05) is 31.6 Å². The Morgan fingerprint density at radius 2 is 2.05 bits per heavy atom. The molecule has 0 aromatic carbocycles. The highest BCUT2D eigenvalue weighted by Gasteiger charge is 2.08. The van der Waals surface area contributed by atoms with Crippen molar-refractivity contribution in [2.45, 2.75) is 40.2 Å². The van der Waals surface area contributed by atoms with Crippen molar-refractivity contribution >= 4 is 5.95 Å². The van der Waals surface area contributed by atoms with E-state index >= 15 is 0 Å². The molecule has 1 unspecified atom stereocenters. The van der Waals surface area contributed by atoms with Gasteiger partial charge >= 0.3 is 0 Å². The fourth-order valence-electron chi connectivity index (χ4n) is 1.83. The second kappa shape index (κ2) is 8.69. The number of likely N-dealkylation sites (N-methyl/N-ethyl adjacent to an activating group) is 1. The average Bonchev–Trinajstić information content (AvgIpc) is 2.43. The highest BCUT2D eigenvalue weighted by molar-refractivity contribution is 5.28. The molecule has 0 radical (unpaired) electrons. The van der Waals surface area contributed by atoms with Crippen LogP contribution >= 0.6 is 0 Å². The Balaban J connectivity index is 2.51. The number of aromatic nitrogens is 2. The van der Waals surface area contributed by atoms with E-state index < -0.39 is 0 Å². The van der Waals surface area contributed by atoms with Gasteiger partial charge in [0.1, 0.15) is 0 Å². The number of ether oxygens (including phenoxy) is 1. The summed E-state index contributed by atoms with van der Waals surface area (Å²) in [6, 6.07) is 2.09. The topological polar surface area (TPSA) is 50.3 Å². The van der Waals surface area contributed by atoms with Gasteiger partial charge in [-0.05, 0) is 26.4 Å². The Kier molecular flexibility index (Phi) is 7.18. The Labute approximate surface area is 116 Å². The number of hydrogen-bond donors (Lipinski definition) is 1. The van der Waals surface area contributed by atoms with E-state index in [1.807, 2.05) is 0 Å². The predicted molar refractivity (Wildman–Crippen MR) is 78.7 cm³/mol. The summed E-state index contributed by atoms with van der Waals surface area (Å²) in [7, 11) is 0. The Hall–Kier alpha value is -1.36. The molecule has 108 valence electrons. The lowest BCUT2D eigenvalue weighted by Crippen LogP contribution is -2.35. The van der Waals surface area contributed by atoms with E-state index in [4.69, 9.17) is 4.74 Å². The van der Waals surface area contributed by atoms with Crippen molar-refractivity contribution < 1.29 is 4.74 Å². The molecule has 0 fully saturated rings. The normalized spacial score (nSPS) is 12.5. The van der Waals surface area contributed by atoms with Gasteiger partial charge in [-0.25, -0.2) is 4.98 Å². The van der Waals surface area contributed by atoms with Crippen LogP contribution in [0.4, 0.5) is 5.95 Å². The number of anilines is 1. The molecule has 5 heteroatoms. The molecule has 19 heavy (non-hydrogen) atoms. The summed E-state index contributed by atoms with van der Waals surface area (Å²) in [4.78, 5) is 10.9. The van der Waals surface area contributed by atoms with Crippen molar-refractivity contribution in [2.24, 2.45) is 0 Å². The maximum absolute atomic E-state index is 5.50. The summed E-state index contributed by atoms with van der Waals surface area (Å²) in [5.41, 5.74) is 0. The summed E-state index contributed by atoms with van der Waals surface area (Å²) < 4.78 is 5.50. The van der Waals surface area contributed by atoms with Gasteiger partial charge in [-0.2, -0.15) is 4.98 Å². The van der Waals surface area contributed by atoms with Crippen LogP contribution < -0.4 is 10.1 Å². The van der Waals surface area contributed by atoms with Crippen LogP contribution in [0.5, 0.6) is 5.88 Å². The van der Waals surface area contributed by atoms with Gasteiger partial charge in [-0.1, -0.05) is 20.8 Å². The Morgan fingerprint density at radius 3 is 2.68 bits per heavy atom. The van der Waals surface area contributed by atoms with E-state index in [9.17, 15) is 0 Å². The molecule has 0 spiro atoms. The zero-order chi connectivity index (χ0) is 14.1. The molecule has 1 N–H and O–H groups in total. The van der Waals surface area contributed by atoms with Gasteiger partial charge in [0.2, 0.25) is 11.8 Å². The minimum atomic E-state index is 0.307. The standard InChI is InChI=1S/C14H26N4O/c1-5-10-19-13-8-9-15-14(17-13)16-12(4)11-18(6-2)7-3/h8-9,12H,5-7,10-11H2,1-4H3,(H,15,16,17). The largest absolute Gasteiger partial charge is 0.478 e. The van der Waals surface area contributed by atoms with E-state index in [0.717, 1.165) is 26.1 Å². The lowest BCUT2D eigenvalue weighted by atomic mass is 10.3. The van der Waals surface area contributed by atoms with Gasteiger partial charge in [0.05, 0.1) is 6.61 Å². The molecule has 0 saturated carbocycles. The van der Waals surface area contributed by atoms with Gasteiger partial charge in [0, 0.05) is 24.8 Å². The maximum Gasteiger partial charge on any atom is 0.226 e. The van der Waals surface area contributed by atoms with Gasteiger partial charge in [-0.15, -0.1) is 0 Å². The average molecular weight is 266 g/mol. The second-order valence-corrected chi connectivity index (χ2v) is 4.60. The van der Waals surface area contributed by atoms with Crippen LogP contribution in [0.1, 0.15) is 34.1 Å². The molecule has 1 aromatic heterocycles. The molecule has 1 heterocycles. The minimum Gasteiger partial charge on any atom is -0.478 e. The Bertz CT molecular complexity index is 355. The van der Waals surface area contributed by atoms with Crippen molar-refractivity contribution in [1.29, 1.82) is 0 Å². The third-order valence-corrected chi connectivity index (χ3v) is 2.89. The fourth-order valence-corrected chi connectivity index (χ4v) is 1.83. The second-order valence-electron chi connectivity index (χ2n) is 4.60. The monoisotopic (exact) mass is 266 g/mol. The smallest absolute Gasteiger partial charge is 0.226 e. The minimum absolute atomic E-state index is 0.307. The summed E-state index contributed by atoms with van der Waals surface area (Å²) in [6.07, 6.45) is 2.70. The number of hydrogen-bond acceptors (Lipinski definition) is 5. The Morgan fingerprint density at radius 1 is 1.32 bits per heavy atom. The highest BCUT2D eigenvalue weighted by Crippen LogP contribution is 2.09. The van der Waals surface area contributed by atoms with Gasteiger partial charge in [0.25, 0.3) is 0 Å². The molecular formula is C14H26N4O. The van der Waals surface area contributed by atoms with Crippen molar-refractivity contribution in [3.63, 3.8) is 0 Å². The molecule has 0 aliphatic heterocycles. The van der Waals surface area contributed by atoms with Crippen molar-refractivity contribution in [1.82, 2.24) is 14.9 Å². The van der Waals surface area contributed by atoms with E-state index in [1.165, 1.54) is 0 Å². The van der Waals surface area contributed by atoms with Gasteiger partial charge in [-0.3, -0.25) is 0 Å². The maximum atomic E-state index is 5.50. The summed E-state index contributed by atoms with van der Waals surface area (Å²) in [6.45, 7) is 12.3. The van der Waals surface area contributed by atoms with Crippen LogP contribution in [0.3, 0.4) is 0 Å². The first-order valence-corrected chi connectivity index (χ1v) is 7.14. The molecule has 0 aliphatic carbocycles. The van der Waals surface area contributed by atoms with Crippen LogP contribution in [0, 0.1) is 0 Å². The molecule has 1 rings (SSSR count). The summed E-state index contributed by atoms with van der Waals surface area (Å²) in [5, 5.41) is 3.31. The number of nitrogens with one attached hydrogen (secondary N) is 1. The van der Waals surface area contributed by atoms with E-state index in [1.54, 1.807) is 12.3 Å². The van der Waals surface area contributed by atoms with Crippen LogP contribution in [0.15, 0.2) is 12.3 Å². The van der Waals surface area contributed by atoms with E-state index in [2.05, 4.69) is 47.9 Å². The van der Waals surface area contributed by atoms with Crippen molar-refractivity contribution in [3.8, 4) is 5.88 Å². The molecule has 0 saturated heterocycles. The molecular weight excluding hydrogens is 240 g/mol. The van der Waals surface area contributed by atoms with Crippen molar-refractivity contribution in [3.05, 3.63) is 12.3 Å². The van der Waals surface area contributed by atoms with E-state index in [0.29, 0.717) is 24.5 Å². The molecule has 0 aliphatic rings. The van der Waals surface area contributed by atoms with Crippen LogP contribution in [-0.2, 0) is 0 Å². The molecule has 0 amide bonds. The number of rotatable bonds is 9. The third-order valence-electron chi connectivity index (χ3n) is 2.89. The van der Waals surface area contributed by atoms with Crippen LogP contribution in [0.25, 0.3) is 0 Å². The molecule has 0 bridgehead atoms. The fraction of sp³-hybridized carbons (Fsp3) is 0.714. The molecule has 1 aromatic rings. The van der Waals surface area contributed by atoms with E-state index in [-0.39, 0.29) is 0 Å². The summed E-state index contributed by atoms with van der Waals surface area (Å²) >= 11 is 0. The lowest BCUT2D eigenvalue weighted by molar-refractivity contribution is 0.293. The summed E-state index contributed by atoms with van der Waals surface area (Å²) in [5.74, 6) is 1.27. The molecule has 1 atom stereocenters. The zero-order valence-corrected chi connectivity index (χ0v) is 12.5. The lowest BCUT2D eigenvalue weighted by Gasteiger charge is -2.23. The third kappa shape index (κ3) is 5.87. The predicted octanol–water partition coefficient (Wildman–Crippen LogP) is 2.41.